The van der Waals surface area contributed by atoms with Gasteiger partial charge >= 0.3 is 0 Å². The minimum absolute atomic E-state index is 0.104. The molecule has 0 bridgehead atoms. The average Bonchev–Trinajstić information content (AvgIpc) is 2.47. The Morgan fingerprint density at radius 1 is 1.43 bits per heavy atom. The highest BCUT2D eigenvalue weighted by Crippen LogP contribution is 2.15. The Kier molecular flexibility index (Phi) is 3.32. The van der Waals surface area contributed by atoms with Gasteiger partial charge < -0.3 is 9.73 Å². The summed E-state index contributed by atoms with van der Waals surface area (Å²) in [6, 6.07) is 0. The van der Waals surface area contributed by atoms with Gasteiger partial charge in [0.15, 0.2) is 0 Å². The molecule has 0 aliphatic heterocycles. The number of nitrogens with one attached hydrogen (secondary N) is 1. The monoisotopic (exact) mass is 196 g/mol. The van der Waals surface area contributed by atoms with Crippen LogP contribution in [0.3, 0.4) is 0 Å². The molecule has 80 valence electrons. The number of aromatic nitrogens is 1. The van der Waals surface area contributed by atoms with Gasteiger partial charge in [-0.05, 0) is 20.8 Å². The predicted molar refractivity (Wildman–Crippen MR) is 57.2 cm³/mol. The van der Waals surface area contributed by atoms with Crippen molar-refractivity contribution in [2.24, 2.45) is 0 Å². The summed E-state index contributed by atoms with van der Waals surface area (Å²) in [6.07, 6.45) is 1.81. The number of hydrogen-bond donors (Lipinski definition) is 1. The zero-order valence-corrected chi connectivity index (χ0v) is 9.72. The average molecular weight is 196 g/mol. The summed E-state index contributed by atoms with van der Waals surface area (Å²) in [5.74, 6) is 2.13. The molecule has 3 heteroatoms. The van der Waals surface area contributed by atoms with E-state index < -0.39 is 0 Å². The van der Waals surface area contributed by atoms with Crippen LogP contribution in [0.15, 0.2) is 10.6 Å². The maximum atomic E-state index is 5.57. The third-order valence-electron chi connectivity index (χ3n) is 1.91. The van der Waals surface area contributed by atoms with E-state index in [2.05, 4.69) is 44.9 Å². The number of hydrogen-bond acceptors (Lipinski definition) is 3. The van der Waals surface area contributed by atoms with Crippen LogP contribution >= 0.6 is 0 Å². The number of rotatable bonds is 3. The second kappa shape index (κ2) is 4.13. The first-order valence-corrected chi connectivity index (χ1v) is 5.08. The van der Waals surface area contributed by atoms with Gasteiger partial charge in [-0.15, -0.1) is 0 Å². The smallest absolute Gasteiger partial charge is 0.208 e. The van der Waals surface area contributed by atoms with Crippen molar-refractivity contribution in [1.82, 2.24) is 10.3 Å². The molecule has 0 unspecified atom stereocenters. The fourth-order valence-electron chi connectivity index (χ4n) is 1.01. The molecule has 0 aliphatic carbocycles. The van der Waals surface area contributed by atoms with Crippen LogP contribution in [0.5, 0.6) is 0 Å². The lowest BCUT2D eigenvalue weighted by Crippen LogP contribution is -2.35. The molecule has 0 fully saturated rings. The fraction of sp³-hybridized carbons (Fsp3) is 0.727. The molecule has 1 heterocycles. The topological polar surface area (TPSA) is 38.1 Å². The van der Waals surface area contributed by atoms with Crippen molar-refractivity contribution in [2.45, 2.75) is 52.6 Å². The lowest BCUT2D eigenvalue weighted by atomic mass is 10.1. The van der Waals surface area contributed by atoms with Gasteiger partial charge in [0.05, 0.1) is 12.7 Å². The molecular weight excluding hydrogens is 176 g/mol. The van der Waals surface area contributed by atoms with Crippen LogP contribution in [-0.2, 0) is 6.54 Å². The normalized spacial score (nSPS) is 12.4. The molecule has 1 aromatic rings. The Labute approximate surface area is 85.9 Å². The summed E-state index contributed by atoms with van der Waals surface area (Å²) in [6.45, 7) is 11.3. The summed E-state index contributed by atoms with van der Waals surface area (Å²) in [5, 5.41) is 3.33. The number of oxazole rings is 1. The maximum Gasteiger partial charge on any atom is 0.208 e. The highest BCUT2D eigenvalue weighted by atomic mass is 16.4. The zero-order valence-electron chi connectivity index (χ0n) is 9.72. The van der Waals surface area contributed by atoms with Gasteiger partial charge in [0.25, 0.3) is 0 Å². The molecule has 0 atom stereocenters. The Morgan fingerprint density at radius 3 is 2.50 bits per heavy atom. The maximum absolute atomic E-state index is 5.57. The van der Waals surface area contributed by atoms with Gasteiger partial charge in [-0.1, -0.05) is 13.8 Å². The van der Waals surface area contributed by atoms with E-state index in [1.807, 2.05) is 6.20 Å². The molecule has 0 aromatic carbocycles. The molecule has 0 amide bonds. The Bertz CT molecular complexity index is 284. The van der Waals surface area contributed by atoms with Crippen LogP contribution < -0.4 is 5.32 Å². The van der Waals surface area contributed by atoms with E-state index in [1.165, 1.54) is 0 Å². The van der Waals surface area contributed by atoms with Crippen LogP contribution in [0.4, 0.5) is 0 Å². The van der Waals surface area contributed by atoms with E-state index in [0.29, 0.717) is 12.5 Å². The lowest BCUT2D eigenvalue weighted by molar-refractivity contribution is 0.367. The second-order valence-electron chi connectivity index (χ2n) is 4.91. The molecule has 0 spiro atoms. The third-order valence-corrected chi connectivity index (χ3v) is 1.91. The van der Waals surface area contributed by atoms with E-state index in [1.54, 1.807) is 0 Å². The predicted octanol–water partition coefficient (Wildman–Crippen LogP) is 2.69. The summed E-state index contributed by atoms with van der Waals surface area (Å²) in [4.78, 5) is 4.21. The molecule has 0 aliphatic rings. The summed E-state index contributed by atoms with van der Waals surface area (Å²) < 4.78 is 5.57. The van der Waals surface area contributed by atoms with Gasteiger partial charge in [-0.25, -0.2) is 4.98 Å². The molecule has 1 aromatic heterocycles. The second-order valence-corrected chi connectivity index (χ2v) is 4.91. The minimum Gasteiger partial charge on any atom is -0.444 e. The van der Waals surface area contributed by atoms with Gasteiger partial charge in [0, 0.05) is 11.5 Å². The van der Waals surface area contributed by atoms with E-state index in [0.717, 1.165) is 11.7 Å². The van der Waals surface area contributed by atoms with Gasteiger partial charge in [-0.2, -0.15) is 0 Å². The van der Waals surface area contributed by atoms with Crippen molar-refractivity contribution >= 4 is 0 Å². The van der Waals surface area contributed by atoms with Crippen molar-refractivity contribution in [2.75, 3.05) is 0 Å². The quantitative estimate of drug-likeness (QED) is 0.807. The van der Waals surface area contributed by atoms with Crippen LogP contribution in [0, 0.1) is 0 Å². The molecule has 1 rings (SSSR count). The van der Waals surface area contributed by atoms with Crippen molar-refractivity contribution in [3.05, 3.63) is 17.8 Å². The zero-order chi connectivity index (χ0) is 10.8. The van der Waals surface area contributed by atoms with Gasteiger partial charge in [0.2, 0.25) is 5.89 Å². The highest BCUT2D eigenvalue weighted by Gasteiger charge is 2.12. The molecule has 14 heavy (non-hydrogen) atoms. The molecule has 3 nitrogen and oxygen atoms in total. The van der Waals surface area contributed by atoms with E-state index in [9.17, 15) is 0 Å². The SMILES string of the molecule is CC(C)c1cnc(CNC(C)(C)C)o1. The van der Waals surface area contributed by atoms with Crippen molar-refractivity contribution in [3.63, 3.8) is 0 Å². The Balaban J connectivity index is 2.52. The summed E-state index contributed by atoms with van der Waals surface area (Å²) in [7, 11) is 0. The molecule has 0 saturated carbocycles. The van der Waals surface area contributed by atoms with Crippen molar-refractivity contribution in [3.8, 4) is 0 Å². The van der Waals surface area contributed by atoms with Crippen molar-refractivity contribution in [1.29, 1.82) is 0 Å². The van der Waals surface area contributed by atoms with E-state index >= 15 is 0 Å². The minimum atomic E-state index is 0.104. The Hall–Kier alpha value is -0.830. The van der Waals surface area contributed by atoms with Crippen LogP contribution in [0.25, 0.3) is 0 Å². The lowest BCUT2D eigenvalue weighted by Gasteiger charge is -2.18. The summed E-state index contributed by atoms with van der Waals surface area (Å²) >= 11 is 0. The first-order chi connectivity index (χ1) is 6.38. The first kappa shape index (κ1) is 11.2. The third kappa shape index (κ3) is 3.50. The van der Waals surface area contributed by atoms with Crippen LogP contribution in [0.2, 0.25) is 0 Å². The first-order valence-electron chi connectivity index (χ1n) is 5.08. The van der Waals surface area contributed by atoms with Gasteiger partial charge in [0.1, 0.15) is 5.76 Å². The molecule has 0 saturated heterocycles. The highest BCUT2D eigenvalue weighted by molar-refractivity contribution is 4.99. The Morgan fingerprint density at radius 2 is 2.07 bits per heavy atom. The standard InChI is InChI=1S/C11H20N2O/c1-8(2)9-6-12-10(14-9)7-13-11(3,4)5/h6,8,13H,7H2,1-5H3. The molecular formula is C11H20N2O. The fourth-order valence-corrected chi connectivity index (χ4v) is 1.01. The van der Waals surface area contributed by atoms with Crippen molar-refractivity contribution < 1.29 is 4.42 Å². The van der Waals surface area contributed by atoms with E-state index in [4.69, 9.17) is 4.42 Å². The van der Waals surface area contributed by atoms with Gasteiger partial charge in [-0.3, -0.25) is 0 Å². The number of nitrogens with zero attached hydrogens (tertiary/aromatic N) is 1. The molecule has 0 radical (unpaired) electrons. The van der Waals surface area contributed by atoms with E-state index in [-0.39, 0.29) is 5.54 Å². The van der Waals surface area contributed by atoms with Crippen LogP contribution in [-0.4, -0.2) is 10.5 Å². The van der Waals surface area contributed by atoms with Crippen LogP contribution in [0.1, 0.15) is 52.2 Å². The largest absolute Gasteiger partial charge is 0.444 e. The molecule has 1 N–H and O–H groups in total. The summed E-state index contributed by atoms with van der Waals surface area (Å²) in [5.41, 5.74) is 0.104.